The van der Waals surface area contributed by atoms with Gasteiger partial charge in [-0.3, -0.25) is 4.90 Å². The van der Waals surface area contributed by atoms with Crippen molar-refractivity contribution in [3.63, 3.8) is 0 Å². The molecule has 0 aromatic carbocycles. The highest BCUT2D eigenvalue weighted by Gasteiger charge is 2.42. The Morgan fingerprint density at radius 2 is 1.94 bits per heavy atom. The summed E-state index contributed by atoms with van der Waals surface area (Å²) in [6.45, 7) is 3.18. The molecule has 2 aliphatic rings. The topological polar surface area (TPSA) is 41.7 Å². The lowest BCUT2D eigenvalue weighted by Gasteiger charge is -2.46. The van der Waals surface area contributed by atoms with Gasteiger partial charge in [-0.15, -0.1) is 0 Å². The third-order valence-corrected chi connectivity index (χ3v) is 5.14. The molecule has 1 aliphatic heterocycles. The second-order valence-electron chi connectivity index (χ2n) is 6.22. The maximum absolute atomic E-state index is 6.13. The molecule has 4 heteroatoms. The largest absolute Gasteiger partial charge is 0.381 e. The number of likely N-dealkylation sites (N-methyl/N-ethyl adjacent to an activating group) is 1. The van der Waals surface area contributed by atoms with Gasteiger partial charge in [0.2, 0.25) is 0 Å². The van der Waals surface area contributed by atoms with E-state index in [0.29, 0.717) is 12.1 Å². The number of nitrogens with two attached hydrogens (primary N) is 1. The van der Waals surface area contributed by atoms with Gasteiger partial charge in [0, 0.05) is 38.3 Å². The van der Waals surface area contributed by atoms with Crippen LogP contribution >= 0.6 is 0 Å². The normalized spacial score (nSPS) is 38.5. The molecule has 1 saturated heterocycles. The van der Waals surface area contributed by atoms with Crippen molar-refractivity contribution in [1.29, 1.82) is 0 Å². The maximum Gasteiger partial charge on any atom is 0.0572 e. The fourth-order valence-corrected chi connectivity index (χ4v) is 3.61. The second-order valence-corrected chi connectivity index (χ2v) is 6.22. The standard InChI is InChI=1S/C14H29N3O/c1-16(2)12-6-9-17(10-12)14(11-15)7-4-13(18-3)5-8-14/h12-13H,4-11,15H2,1-3H3. The van der Waals surface area contributed by atoms with E-state index in [4.69, 9.17) is 10.5 Å². The number of methoxy groups -OCH3 is 1. The van der Waals surface area contributed by atoms with Crippen LogP contribution in [0.3, 0.4) is 0 Å². The van der Waals surface area contributed by atoms with E-state index in [1.165, 1.54) is 32.4 Å². The maximum atomic E-state index is 6.13. The molecule has 0 spiro atoms. The smallest absolute Gasteiger partial charge is 0.0572 e. The first-order valence-electron chi connectivity index (χ1n) is 7.25. The third-order valence-electron chi connectivity index (χ3n) is 5.14. The van der Waals surface area contributed by atoms with Crippen LogP contribution in [-0.2, 0) is 4.74 Å². The van der Waals surface area contributed by atoms with Crippen molar-refractivity contribution in [2.75, 3.05) is 40.8 Å². The summed E-state index contributed by atoms with van der Waals surface area (Å²) >= 11 is 0. The first-order valence-corrected chi connectivity index (χ1v) is 7.25. The quantitative estimate of drug-likeness (QED) is 0.811. The van der Waals surface area contributed by atoms with Crippen molar-refractivity contribution in [2.24, 2.45) is 5.73 Å². The van der Waals surface area contributed by atoms with E-state index in [0.717, 1.165) is 19.4 Å². The molecule has 1 atom stereocenters. The summed E-state index contributed by atoms with van der Waals surface area (Å²) in [6.07, 6.45) is 6.46. The van der Waals surface area contributed by atoms with E-state index in [1.54, 1.807) is 0 Å². The van der Waals surface area contributed by atoms with Crippen molar-refractivity contribution in [3.8, 4) is 0 Å². The molecule has 1 aliphatic carbocycles. The number of likely N-dealkylation sites (tertiary alicyclic amines) is 1. The van der Waals surface area contributed by atoms with Gasteiger partial charge >= 0.3 is 0 Å². The highest BCUT2D eigenvalue weighted by atomic mass is 16.5. The molecule has 4 nitrogen and oxygen atoms in total. The van der Waals surface area contributed by atoms with E-state index in [-0.39, 0.29) is 5.54 Å². The van der Waals surface area contributed by atoms with Gasteiger partial charge < -0.3 is 15.4 Å². The van der Waals surface area contributed by atoms with Gasteiger partial charge in [0.1, 0.15) is 0 Å². The zero-order chi connectivity index (χ0) is 13.2. The minimum absolute atomic E-state index is 0.250. The second kappa shape index (κ2) is 5.87. The molecule has 0 bridgehead atoms. The summed E-state index contributed by atoms with van der Waals surface area (Å²) in [5, 5.41) is 0. The Hall–Kier alpha value is -0.160. The van der Waals surface area contributed by atoms with E-state index < -0.39 is 0 Å². The van der Waals surface area contributed by atoms with Crippen molar-refractivity contribution in [3.05, 3.63) is 0 Å². The van der Waals surface area contributed by atoms with Gasteiger partial charge in [0.05, 0.1) is 6.10 Å². The molecule has 2 N–H and O–H groups in total. The molecule has 1 heterocycles. The predicted octanol–water partition coefficient (Wildman–Crippen LogP) is 0.909. The van der Waals surface area contributed by atoms with E-state index >= 15 is 0 Å². The van der Waals surface area contributed by atoms with Crippen molar-refractivity contribution >= 4 is 0 Å². The number of hydrogen-bond donors (Lipinski definition) is 1. The Bertz CT molecular complexity index is 262. The number of ether oxygens (including phenoxy) is 1. The van der Waals surface area contributed by atoms with Gasteiger partial charge in [-0.05, 0) is 46.2 Å². The van der Waals surface area contributed by atoms with E-state index in [9.17, 15) is 0 Å². The van der Waals surface area contributed by atoms with Crippen LogP contribution in [0.1, 0.15) is 32.1 Å². The number of rotatable bonds is 4. The van der Waals surface area contributed by atoms with Gasteiger partial charge in [-0.1, -0.05) is 0 Å². The highest BCUT2D eigenvalue weighted by molar-refractivity contribution is 5.00. The Balaban J connectivity index is 1.97. The first kappa shape index (κ1) is 14.3. The van der Waals surface area contributed by atoms with Gasteiger partial charge in [-0.2, -0.15) is 0 Å². The van der Waals surface area contributed by atoms with E-state index in [1.807, 2.05) is 7.11 Å². The highest BCUT2D eigenvalue weighted by Crippen LogP contribution is 2.36. The van der Waals surface area contributed by atoms with Crippen LogP contribution in [0.2, 0.25) is 0 Å². The molecule has 2 fully saturated rings. The molecule has 0 radical (unpaired) electrons. The van der Waals surface area contributed by atoms with Gasteiger partial charge in [0.15, 0.2) is 0 Å². The van der Waals surface area contributed by atoms with Crippen LogP contribution in [0, 0.1) is 0 Å². The first-order chi connectivity index (χ1) is 8.61. The summed E-state index contributed by atoms with van der Waals surface area (Å²) in [7, 11) is 6.20. The van der Waals surface area contributed by atoms with Gasteiger partial charge in [-0.25, -0.2) is 0 Å². The summed E-state index contributed by atoms with van der Waals surface area (Å²) < 4.78 is 5.48. The molecular formula is C14H29N3O. The third kappa shape index (κ3) is 2.72. The summed E-state index contributed by atoms with van der Waals surface area (Å²) in [5.74, 6) is 0. The molecule has 1 saturated carbocycles. The van der Waals surface area contributed by atoms with Crippen molar-refractivity contribution in [2.45, 2.75) is 49.8 Å². The molecule has 106 valence electrons. The fourth-order valence-electron chi connectivity index (χ4n) is 3.61. The van der Waals surface area contributed by atoms with Crippen LogP contribution in [0.25, 0.3) is 0 Å². The lowest BCUT2D eigenvalue weighted by atomic mass is 9.79. The molecular weight excluding hydrogens is 226 g/mol. The van der Waals surface area contributed by atoms with Gasteiger partial charge in [0.25, 0.3) is 0 Å². The zero-order valence-electron chi connectivity index (χ0n) is 12.2. The Kier molecular flexibility index (Phi) is 4.64. The van der Waals surface area contributed by atoms with Crippen LogP contribution in [-0.4, -0.2) is 68.3 Å². The zero-order valence-corrected chi connectivity index (χ0v) is 12.2. The van der Waals surface area contributed by atoms with Crippen LogP contribution in [0.15, 0.2) is 0 Å². The van der Waals surface area contributed by atoms with Crippen LogP contribution < -0.4 is 5.73 Å². The lowest BCUT2D eigenvalue weighted by Crippen LogP contribution is -2.56. The Labute approximate surface area is 111 Å². The average molecular weight is 255 g/mol. The summed E-state index contributed by atoms with van der Waals surface area (Å²) in [6, 6.07) is 0.702. The fraction of sp³-hybridized carbons (Fsp3) is 1.00. The minimum Gasteiger partial charge on any atom is -0.381 e. The molecule has 2 rings (SSSR count). The Morgan fingerprint density at radius 3 is 2.39 bits per heavy atom. The lowest BCUT2D eigenvalue weighted by molar-refractivity contribution is 0.000491. The monoisotopic (exact) mass is 255 g/mol. The number of nitrogens with zero attached hydrogens (tertiary/aromatic N) is 2. The van der Waals surface area contributed by atoms with Crippen LogP contribution in [0.4, 0.5) is 0 Å². The predicted molar refractivity (Wildman–Crippen MR) is 74.7 cm³/mol. The molecule has 1 unspecified atom stereocenters. The minimum atomic E-state index is 0.250. The molecule has 0 amide bonds. The van der Waals surface area contributed by atoms with Crippen molar-refractivity contribution < 1.29 is 4.74 Å². The molecule has 18 heavy (non-hydrogen) atoms. The molecule has 0 aromatic heterocycles. The van der Waals surface area contributed by atoms with Crippen molar-refractivity contribution in [1.82, 2.24) is 9.80 Å². The Morgan fingerprint density at radius 1 is 1.28 bits per heavy atom. The SMILES string of the molecule is COC1CCC(CN)(N2CCC(N(C)C)C2)CC1. The van der Waals surface area contributed by atoms with E-state index in [2.05, 4.69) is 23.9 Å². The summed E-state index contributed by atoms with van der Waals surface area (Å²) in [5.41, 5.74) is 6.38. The van der Waals surface area contributed by atoms with Crippen LogP contribution in [0.5, 0.6) is 0 Å². The molecule has 0 aromatic rings. The average Bonchev–Trinajstić information content (AvgIpc) is 2.89. The number of hydrogen-bond acceptors (Lipinski definition) is 4. The summed E-state index contributed by atoms with van der Waals surface area (Å²) in [4.78, 5) is 5.01.